The van der Waals surface area contributed by atoms with Gasteiger partial charge in [0.15, 0.2) is 0 Å². The molecule has 70 valence electrons. The lowest BCUT2D eigenvalue weighted by Gasteiger charge is -2.28. The molecule has 13 heavy (non-hydrogen) atoms. The zero-order valence-electron chi connectivity index (χ0n) is 7.48. The monoisotopic (exact) mass is 259 g/mol. The van der Waals surface area contributed by atoms with Crippen LogP contribution in [0.3, 0.4) is 0 Å². The fourth-order valence-corrected chi connectivity index (χ4v) is 2.88. The molecule has 0 radical (unpaired) electrons. The third-order valence-electron chi connectivity index (χ3n) is 2.43. The van der Waals surface area contributed by atoms with Crippen LogP contribution in [0.2, 0.25) is 5.02 Å². The van der Waals surface area contributed by atoms with E-state index in [4.69, 9.17) is 11.6 Å². The highest BCUT2D eigenvalue weighted by atomic mass is 79.9. The van der Waals surface area contributed by atoms with E-state index in [-0.39, 0.29) is 0 Å². The Labute approximate surface area is 91.8 Å². The number of hydrogen-bond donors (Lipinski definition) is 0. The largest absolute Gasteiger partial charge is 0.373 e. The molecule has 0 atom stereocenters. The van der Waals surface area contributed by atoms with Crippen molar-refractivity contribution in [3.63, 3.8) is 0 Å². The van der Waals surface area contributed by atoms with E-state index in [0.717, 1.165) is 22.5 Å². The number of nitrogens with zero attached hydrogens (tertiary/aromatic N) is 1. The van der Waals surface area contributed by atoms with Gasteiger partial charge in [-0.2, -0.15) is 0 Å². The Morgan fingerprint density at radius 1 is 1.46 bits per heavy atom. The summed E-state index contributed by atoms with van der Waals surface area (Å²) in [5, 5.41) is 0.853. The van der Waals surface area contributed by atoms with Crippen molar-refractivity contribution in [3.05, 3.63) is 27.2 Å². The molecule has 0 aliphatic carbocycles. The molecule has 0 spiro atoms. The Bertz CT molecular complexity index is 338. The Morgan fingerprint density at radius 2 is 2.23 bits per heavy atom. The summed E-state index contributed by atoms with van der Waals surface area (Å²) in [5.41, 5.74) is 2.56. The van der Waals surface area contributed by atoms with E-state index in [2.05, 4.69) is 33.9 Å². The molecule has 1 aromatic rings. The first-order chi connectivity index (χ1) is 6.18. The van der Waals surface area contributed by atoms with Crippen molar-refractivity contribution in [1.29, 1.82) is 0 Å². The Kier molecular flexibility index (Phi) is 2.52. The van der Waals surface area contributed by atoms with E-state index in [1.54, 1.807) is 0 Å². The average molecular weight is 261 g/mol. The topological polar surface area (TPSA) is 3.24 Å². The van der Waals surface area contributed by atoms with Gasteiger partial charge in [-0.1, -0.05) is 27.5 Å². The number of rotatable bonds is 0. The van der Waals surface area contributed by atoms with Gasteiger partial charge < -0.3 is 4.90 Å². The number of aryl methyl sites for hydroxylation is 1. The van der Waals surface area contributed by atoms with E-state index < -0.39 is 0 Å². The van der Waals surface area contributed by atoms with Crippen LogP contribution in [0, 0.1) is 0 Å². The van der Waals surface area contributed by atoms with Crippen LogP contribution in [-0.2, 0) is 6.42 Å². The molecule has 2 rings (SSSR count). The molecule has 0 aromatic heterocycles. The smallest absolute Gasteiger partial charge is 0.0653 e. The average Bonchev–Trinajstić information content (AvgIpc) is 2.02. The minimum Gasteiger partial charge on any atom is -0.373 e. The van der Waals surface area contributed by atoms with Crippen LogP contribution in [0.1, 0.15) is 12.0 Å². The van der Waals surface area contributed by atoms with Crippen LogP contribution in [0.25, 0.3) is 0 Å². The summed E-state index contributed by atoms with van der Waals surface area (Å²) >= 11 is 9.63. The van der Waals surface area contributed by atoms with E-state index in [9.17, 15) is 0 Å². The van der Waals surface area contributed by atoms with Crippen LogP contribution in [0.15, 0.2) is 16.6 Å². The Hall–Kier alpha value is -0.210. The van der Waals surface area contributed by atoms with Gasteiger partial charge in [0.25, 0.3) is 0 Å². The van der Waals surface area contributed by atoms with Gasteiger partial charge in [-0.05, 0) is 30.5 Å². The van der Waals surface area contributed by atoms with Crippen molar-refractivity contribution >= 4 is 33.2 Å². The lowest BCUT2D eigenvalue weighted by Crippen LogP contribution is -2.24. The molecule has 1 aliphatic rings. The maximum Gasteiger partial charge on any atom is 0.0653 e. The molecule has 1 heterocycles. The zero-order valence-corrected chi connectivity index (χ0v) is 9.82. The molecule has 0 fully saturated rings. The molecule has 0 amide bonds. The van der Waals surface area contributed by atoms with Crippen molar-refractivity contribution < 1.29 is 0 Å². The summed E-state index contributed by atoms with van der Waals surface area (Å²) < 4.78 is 1.08. The standard InChI is InChI=1S/C10H11BrClN/c1-13-4-2-3-7-5-8(11)6-9(12)10(7)13/h5-6H,2-4H2,1H3. The lowest BCUT2D eigenvalue weighted by atomic mass is 10.0. The zero-order chi connectivity index (χ0) is 9.42. The first-order valence-corrected chi connectivity index (χ1v) is 5.54. The van der Waals surface area contributed by atoms with Crippen molar-refractivity contribution in [2.45, 2.75) is 12.8 Å². The van der Waals surface area contributed by atoms with Crippen LogP contribution in [-0.4, -0.2) is 13.6 Å². The van der Waals surface area contributed by atoms with E-state index >= 15 is 0 Å². The van der Waals surface area contributed by atoms with Crippen LogP contribution in [0.5, 0.6) is 0 Å². The SMILES string of the molecule is CN1CCCc2cc(Br)cc(Cl)c21. The summed E-state index contributed by atoms with van der Waals surface area (Å²) in [4.78, 5) is 2.23. The second kappa shape index (κ2) is 3.50. The summed E-state index contributed by atoms with van der Waals surface area (Å²) in [7, 11) is 2.10. The highest BCUT2D eigenvalue weighted by molar-refractivity contribution is 9.10. The van der Waals surface area contributed by atoms with Gasteiger partial charge in [-0.25, -0.2) is 0 Å². The summed E-state index contributed by atoms with van der Waals surface area (Å²) in [6, 6.07) is 4.12. The number of hydrogen-bond acceptors (Lipinski definition) is 1. The van der Waals surface area contributed by atoms with Crippen molar-refractivity contribution in [2.24, 2.45) is 0 Å². The van der Waals surface area contributed by atoms with Gasteiger partial charge in [0.2, 0.25) is 0 Å². The van der Waals surface area contributed by atoms with Crippen LogP contribution >= 0.6 is 27.5 Å². The van der Waals surface area contributed by atoms with Gasteiger partial charge in [-0.15, -0.1) is 0 Å². The Morgan fingerprint density at radius 3 is 3.00 bits per heavy atom. The lowest BCUT2D eigenvalue weighted by molar-refractivity contribution is 0.744. The summed E-state index contributed by atoms with van der Waals surface area (Å²) in [5.74, 6) is 0. The highest BCUT2D eigenvalue weighted by Gasteiger charge is 2.16. The Balaban J connectivity index is 2.56. The van der Waals surface area contributed by atoms with Crippen molar-refractivity contribution in [3.8, 4) is 0 Å². The number of anilines is 1. The normalized spacial score (nSPS) is 15.8. The number of halogens is 2. The molecule has 3 heteroatoms. The second-order valence-corrected chi connectivity index (χ2v) is 4.74. The van der Waals surface area contributed by atoms with Gasteiger partial charge in [0.1, 0.15) is 0 Å². The molecule has 1 aromatic carbocycles. The molecule has 0 saturated heterocycles. The maximum atomic E-state index is 6.17. The molecule has 0 bridgehead atoms. The molecule has 1 aliphatic heterocycles. The minimum absolute atomic E-state index is 0.853. The number of fused-ring (bicyclic) bond motifs is 1. The van der Waals surface area contributed by atoms with E-state index in [1.807, 2.05) is 6.07 Å². The van der Waals surface area contributed by atoms with Gasteiger partial charge in [0.05, 0.1) is 10.7 Å². The van der Waals surface area contributed by atoms with Crippen LogP contribution in [0.4, 0.5) is 5.69 Å². The quantitative estimate of drug-likeness (QED) is 0.690. The fourth-order valence-electron chi connectivity index (χ4n) is 1.86. The molecule has 0 N–H and O–H groups in total. The second-order valence-electron chi connectivity index (χ2n) is 3.42. The summed E-state index contributed by atoms with van der Waals surface area (Å²) in [6.45, 7) is 1.11. The van der Waals surface area contributed by atoms with Gasteiger partial charge >= 0.3 is 0 Å². The van der Waals surface area contributed by atoms with Crippen molar-refractivity contribution in [2.75, 3.05) is 18.5 Å². The molecular formula is C10H11BrClN. The maximum absolute atomic E-state index is 6.17. The molecule has 0 saturated carbocycles. The predicted octanol–water partition coefficient (Wildman–Crippen LogP) is 3.48. The molecule has 0 unspecified atom stereocenters. The van der Waals surface area contributed by atoms with Crippen LogP contribution < -0.4 is 4.90 Å². The van der Waals surface area contributed by atoms with E-state index in [0.29, 0.717) is 0 Å². The first-order valence-electron chi connectivity index (χ1n) is 4.37. The predicted molar refractivity (Wildman–Crippen MR) is 60.7 cm³/mol. The van der Waals surface area contributed by atoms with Gasteiger partial charge in [-0.3, -0.25) is 0 Å². The minimum atomic E-state index is 0.853. The van der Waals surface area contributed by atoms with Crippen molar-refractivity contribution in [1.82, 2.24) is 0 Å². The molecular weight excluding hydrogens is 249 g/mol. The highest BCUT2D eigenvalue weighted by Crippen LogP contribution is 2.35. The fraction of sp³-hybridized carbons (Fsp3) is 0.400. The summed E-state index contributed by atoms with van der Waals surface area (Å²) in [6.07, 6.45) is 2.36. The molecule has 1 nitrogen and oxygen atoms in total. The first kappa shape index (κ1) is 9.35. The van der Waals surface area contributed by atoms with E-state index in [1.165, 1.54) is 17.7 Å². The third-order valence-corrected chi connectivity index (χ3v) is 3.17. The van der Waals surface area contributed by atoms with Gasteiger partial charge in [0, 0.05) is 18.1 Å². The third kappa shape index (κ3) is 1.70. The number of benzene rings is 1.